The Balaban J connectivity index is 1.87. The molecule has 1 amide bonds. The van der Waals surface area contributed by atoms with Crippen LogP contribution in [0.5, 0.6) is 0 Å². The van der Waals surface area contributed by atoms with Gasteiger partial charge in [-0.3, -0.25) is 14.4 Å². The van der Waals surface area contributed by atoms with E-state index in [2.05, 4.69) is 12.2 Å². The van der Waals surface area contributed by atoms with Crippen LogP contribution in [0, 0.1) is 5.92 Å². The van der Waals surface area contributed by atoms with Crippen LogP contribution in [-0.2, 0) is 23.9 Å². The van der Waals surface area contributed by atoms with Crippen LogP contribution in [0.4, 0.5) is 0 Å². The molecule has 160 valence electrons. The van der Waals surface area contributed by atoms with E-state index in [4.69, 9.17) is 21.1 Å². The molecule has 7 heteroatoms. The monoisotopic (exact) mass is 423 g/mol. The Morgan fingerprint density at radius 3 is 2.45 bits per heavy atom. The van der Waals surface area contributed by atoms with Gasteiger partial charge in [-0.05, 0) is 50.2 Å². The van der Waals surface area contributed by atoms with Gasteiger partial charge >= 0.3 is 11.9 Å². The number of hydrogen-bond acceptors (Lipinski definition) is 5. The molecule has 1 aliphatic rings. The van der Waals surface area contributed by atoms with Crippen molar-refractivity contribution in [3.05, 3.63) is 34.9 Å². The quantitative estimate of drug-likeness (QED) is 0.597. The highest BCUT2D eigenvalue weighted by atomic mass is 35.5. The van der Waals surface area contributed by atoms with Gasteiger partial charge in [0.25, 0.3) is 0 Å². The molecular formula is C22H30ClNO5. The highest BCUT2D eigenvalue weighted by Crippen LogP contribution is 2.27. The molecule has 1 N–H and O–H groups in total. The third kappa shape index (κ3) is 8.05. The van der Waals surface area contributed by atoms with Crippen molar-refractivity contribution in [1.82, 2.24) is 5.32 Å². The number of ether oxygens (including phenoxy) is 2. The predicted octanol–water partition coefficient (Wildman–Crippen LogP) is 4.35. The number of benzene rings is 1. The van der Waals surface area contributed by atoms with Gasteiger partial charge in [-0.25, -0.2) is 0 Å². The van der Waals surface area contributed by atoms with Gasteiger partial charge in [-0.2, -0.15) is 0 Å². The lowest BCUT2D eigenvalue weighted by atomic mass is 9.89. The predicted molar refractivity (Wildman–Crippen MR) is 110 cm³/mol. The zero-order chi connectivity index (χ0) is 21.2. The van der Waals surface area contributed by atoms with Gasteiger partial charge < -0.3 is 14.8 Å². The van der Waals surface area contributed by atoms with Crippen LogP contribution in [0.3, 0.4) is 0 Å². The Morgan fingerprint density at radius 2 is 1.79 bits per heavy atom. The second-order valence-electron chi connectivity index (χ2n) is 7.52. The van der Waals surface area contributed by atoms with Gasteiger partial charge in [0.1, 0.15) is 6.10 Å². The fourth-order valence-corrected chi connectivity index (χ4v) is 3.72. The van der Waals surface area contributed by atoms with Gasteiger partial charge in [-0.15, -0.1) is 0 Å². The Morgan fingerprint density at radius 1 is 1.10 bits per heavy atom. The summed E-state index contributed by atoms with van der Waals surface area (Å²) < 4.78 is 10.5. The molecule has 1 aliphatic carbocycles. The smallest absolute Gasteiger partial charge is 0.308 e. The van der Waals surface area contributed by atoms with E-state index in [0.29, 0.717) is 16.5 Å². The summed E-state index contributed by atoms with van der Waals surface area (Å²) in [6.45, 7) is 4.18. The first kappa shape index (κ1) is 23.2. The number of carbonyl (C=O) groups excluding carboxylic acids is 3. The summed E-state index contributed by atoms with van der Waals surface area (Å²) in [5.41, 5.74) is 0.634. The second kappa shape index (κ2) is 11.8. The van der Waals surface area contributed by atoms with Crippen LogP contribution in [0.25, 0.3) is 0 Å². The molecule has 1 unspecified atom stereocenters. The maximum absolute atomic E-state index is 12.4. The van der Waals surface area contributed by atoms with Crippen LogP contribution in [0.1, 0.15) is 70.4 Å². The van der Waals surface area contributed by atoms with Crippen LogP contribution in [0.15, 0.2) is 24.3 Å². The largest absolute Gasteiger partial charge is 0.466 e. The van der Waals surface area contributed by atoms with E-state index in [-0.39, 0.29) is 43.8 Å². The van der Waals surface area contributed by atoms with E-state index in [1.165, 1.54) is 0 Å². The summed E-state index contributed by atoms with van der Waals surface area (Å²) in [5.74, 6) is -0.451. The highest BCUT2D eigenvalue weighted by Gasteiger charge is 2.24. The standard InChI is InChI=1S/C22H30ClNO5/c1-3-28-22(27)14-19(17-6-4-5-7-18(17)23)24-20(25)12-13-21(26)29-16-10-8-15(2)9-11-16/h4-7,15-16,19H,3,8-14H2,1-2H3,(H,24,25). The van der Waals surface area contributed by atoms with E-state index < -0.39 is 12.0 Å². The Kier molecular flexibility index (Phi) is 9.45. The van der Waals surface area contributed by atoms with E-state index in [1.54, 1.807) is 31.2 Å². The fourth-order valence-electron chi connectivity index (χ4n) is 3.46. The van der Waals surface area contributed by atoms with Gasteiger partial charge in [0, 0.05) is 11.4 Å². The van der Waals surface area contributed by atoms with Crippen molar-refractivity contribution in [2.45, 2.75) is 70.9 Å². The van der Waals surface area contributed by atoms with E-state index in [9.17, 15) is 14.4 Å². The molecule has 1 aromatic rings. The fraction of sp³-hybridized carbons (Fsp3) is 0.591. The highest BCUT2D eigenvalue weighted by molar-refractivity contribution is 6.31. The van der Waals surface area contributed by atoms with Crippen molar-refractivity contribution >= 4 is 29.4 Å². The molecule has 0 heterocycles. The molecule has 0 saturated heterocycles. The molecule has 29 heavy (non-hydrogen) atoms. The number of hydrogen-bond donors (Lipinski definition) is 1. The first-order valence-corrected chi connectivity index (χ1v) is 10.7. The molecule has 1 aromatic carbocycles. The molecule has 6 nitrogen and oxygen atoms in total. The topological polar surface area (TPSA) is 81.7 Å². The third-order valence-corrected chi connectivity index (χ3v) is 5.45. The molecule has 0 aromatic heterocycles. The molecule has 2 rings (SSSR count). The first-order chi connectivity index (χ1) is 13.9. The van der Waals surface area contributed by atoms with Gasteiger partial charge in [0.15, 0.2) is 0 Å². The number of halogens is 1. The van der Waals surface area contributed by atoms with Crippen LogP contribution in [0.2, 0.25) is 5.02 Å². The van der Waals surface area contributed by atoms with Crippen molar-refractivity contribution in [3.8, 4) is 0 Å². The second-order valence-corrected chi connectivity index (χ2v) is 7.93. The van der Waals surface area contributed by atoms with Gasteiger partial charge in [0.05, 0.1) is 25.5 Å². The number of rotatable bonds is 9. The van der Waals surface area contributed by atoms with Crippen molar-refractivity contribution < 1.29 is 23.9 Å². The van der Waals surface area contributed by atoms with E-state index >= 15 is 0 Å². The maximum atomic E-state index is 12.4. The summed E-state index contributed by atoms with van der Waals surface area (Å²) in [4.78, 5) is 36.4. The minimum atomic E-state index is -0.619. The summed E-state index contributed by atoms with van der Waals surface area (Å²) in [6, 6.07) is 6.39. The number of esters is 2. The zero-order valence-corrected chi connectivity index (χ0v) is 17.9. The van der Waals surface area contributed by atoms with E-state index in [1.807, 2.05) is 0 Å². The zero-order valence-electron chi connectivity index (χ0n) is 17.1. The Bertz CT molecular complexity index is 700. The van der Waals surface area contributed by atoms with Crippen LogP contribution in [-0.4, -0.2) is 30.6 Å². The minimum Gasteiger partial charge on any atom is -0.466 e. The van der Waals surface area contributed by atoms with Crippen LogP contribution < -0.4 is 5.32 Å². The third-order valence-electron chi connectivity index (χ3n) is 5.11. The molecule has 0 aliphatic heterocycles. The molecular weight excluding hydrogens is 394 g/mol. The molecule has 0 bridgehead atoms. The number of amides is 1. The number of carbonyl (C=O) groups is 3. The first-order valence-electron chi connectivity index (χ1n) is 10.3. The normalized spacial score (nSPS) is 19.8. The average Bonchev–Trinajstić information content (AvgIpc) is 2.68. The summed E-state index contributed by atoms with van der Waals surface area (Å²) in [7, 11) is 0. The molecule has 1 fully saturated rings. The molecule has 1 saturated carbocycles. The summed E-state index contributed by atoms with van der Waals surface area (Å²) in [5, 5.41) is 3.25. The Hall–Kier alpha value is -2.08. The van der Waals surface area contributed by atoms with Crippen molar-refractivity contribution in [3.63, 3.8) is 0 Å². The van der Waals surface area contributed by atoms with E-state index in [0.717, 1.165) is 25.7 Å². The Labute approximate surface area is 177 Å². The van der Waals surface area contributed by atoms with Gasteiger partial charge in [0.2, 0.25) is 5.91 Å². The van der Waals surface area contributed by atoms with Crippen molar-refractivity contribution in [2.24, 2.45) is 5.92 Å². The minimum absolute atomic E-state index is 0.00648. The maximum Gasteiger partial charge on any atom is 0.308 e. The van der Waals surface area contributed by atoms with Crippen molar-refractivity contribution in [1.29, 1.82) is 0 Å². The molecule has 1 atom stereocenters. The lowest BCUT2D eigenvalue weighted by molar-refractivity contribution is -0.152. The average molecular weight is 424 g/mol. The lowest BCUT2D eigenvalue weighted by Gasteiger charge is -2.26. The lowest BCUT2D eigenvalue weighted by Crippen LogP contribution is -2.31. The summed E-state index contributed by atoms with van der Waals surface area (Å²) >= 11 is 6.23. The summed E-state index contributed by atoms with van der Waals surface area (Å²) in [6.07, 6.45) is 3.81. The van der Waals surface area contributed by atoms with Crippen molar-refractivity contribution in [2.75, 3.05) is 6.61 Å². The number of nitrogens with one attached hydrogen (secondary N) is 1. The molecule has 0 radical (unpaired) electrons. The van der Waals surface area contributed by atoms with Crippen LogP contribution >= 0.6 is 11.6 Å². The van der Waals surface area contributed by atoms with Gasteiger partial charge in [-0.1, -0.05) is 36.7 Å². The SMILES string of the molecule is CCOC(=O)CC(NC(=O)CCC(=O)OC1CCC(C)CC1)c1ccccc1Cl. The molecule has 0 spiro atoms.